The molecule has 0 aliphatic carbocycles. The number of hydrogen-bond acceptors (Lipinski definition) is 5. The minimum atomic E-state index is -3.57. The monoisotopic (exact) mass is 296 g/mol. The number of nitrogens with zero attached hydrogens (tertiary/aromatic N) is 1. The van der Waals surface area contributed by atoms with Crippen LogP contribution in [0.25, 0.3) is 0 Å². The van der Waals surface area contributed by atoms with Gasteiger partial charge in [0.05, 0.1) is 24.5 Å². The lowest BCUT2D eigenvalue weighted by atomic mass is 10.2. The van der Waals surface area contributed by atoms with Crippen molar-refractivity contribution in [2.75, 3.05) is 13.7 Å². The minimum Gasteiger partial charge on any atom is -0.469 e. The number of rotatable bonds is 7. The lowest BCUT2D eigenvalue weighted by molar-refractivity contribution is -0.139. The van der Waals surface area contributed by atoms with Gasteiger partial charge in [-0.3, -0.25) is 4.79 Å². The van der Waals surface area contributed by atoms with Gasteiger partial charge in [0.1, 0.15) is 0 Å². The van der Waals surface area contributed by atoms with E-state index in [1.54, 1.807) is 12.1 Å². The predicted molar refractivity (Wildman–Crippen MR) is 72.2 cm³/mol. The zero-order valence-electron chi connectivity index (χ0n) is 11.1. The van der Waals surface area contributed by atoms with Gasteiger partial charge in [-0.15, -0.1) is 0 Å². The Kier molecular flexibility index (Phi) is 6.15. The molecular formula is C13H16N2O4S. The number of nitrogens with one attached hydrogen (secondary N) is 1. The standard InChI is InChI=1S/C13H16N2O4S/c1-19-13(16)10-11-4-6-12(7-5-11)20(17,18)15-9-3-2-8-14/h4-7,15H,2-3,9-10H2,1H3. The molecule has 0 fully saturated rings. The molecule has 6 nitrogen and oxygen atoms in total. The van der Waals surface area contributed by atoms with Crippen LogP contribution in [0.2, 0.25) is 0 Å². The van der Waals surface area contributed by atoms with E-state index in [1.807, 2.05) is 6.07 Å². The molecule has 0 spiro atoms. The number of sulfonamides is 1. The fourth-order valence-electron chi connectivity index (χ4n) is 1.48. The van der Waals surface area contributed by atoms with Crippen LogP contribution in [0.3, 0.4) is 0 Å². The van der Waals surface area contributed by atoms with Crippen molar-refractivity contribution in [3.8, 4) is 6.07 Å². The zero-order valence-corrected chi connectivity index (χ0v) is 11.9. The highest BCUT2D eigenvalue weighted by Gasteiger charge is 2.13. The molecule has 0 bridgehead atoms. The Hall–Kier alpha value is -1.91. The summed E-state index contributed by atoms with van der Waals surface area (Å²) in [5.41, 5.74) is 0.681. The molecule has 1 aromatic rings. The maximum atomic E-state index is 11.9. The van der Waals surface area contributed by atoms with E-state index in [4.69, 9.17) is 5.26 Å². The summed E-state index contributed by atoms with van der Waals surface area (Å²) >= 11 is 0. The van der Waals surface area contributed by atoms with Gasteiger partial charge in [-0.2, -0.15) is 5.26 Å². The average Bonchev–Trinajstić information content (AvgIpc) is 2.44. The van der Waals surface area contributed by atoms with E-state index in [2.05, 4.69) is 9.46 Å². The van der Waals surface area contributed by atoms with Gasteiger partial charge in [-0.25, -0.2) is 13.1 Å². The number of hydrogen-bond donors (Lipinski definition) is 1. The summed E-state index contributed by atoms with van der Waals surface area (Å²) in [4.78, 5) is 11.2. The highest BCUT2D eigenvalue weighted by molar-refractivity contribution is 7.89. The fourth-order valence-corrected chi connectivity index (χ4v) is 2.56. The average molecular weight is 296 g/mol. The third-order valence-electron chi connectivity index (χ3n) is 2.57. The molecule has 1 N–H and O–H groups in total. The Labute approximate surface area is 118 Å². The lowest BCUT2D eigenvalue weighted by Gasteiger charge is -2.06. The van der Waals surface area contributed by atoms with Crippen LogP contribution in [-0.4, -0.2) is 28.0 Å². The van der Waals surface area contributed by atoms with Crippen molar-refractivity contribution in [3.05, 3.63) is 29.8 Å². The number of benzene rings is 1. The van der Waals surface area contributed by atoms with Crippen LogP contribution in [0.5, 0.6) is 0 Å². The number of methoxy groups -OCH3 is 1. The van der Waals surface area contributed by atoms with E-state index in [0.29, 0.717) is 18.4 Å². The molecule has 0 atom stereocenters. The zero-order chi connectivity index (χ0) is 15.0. The van der Waals surface area contributed by atoms with Crippen LogP contribution in [0.1, 0.15) is 18.4 Å². The number of esters is 1. The highest BCUT2D eigenvalue weighted by atomic mass is 32.2. The van der Waals surface area contributed by atoms with Crippen molar-refractivity contribution in [2.24, 2.45) is 0 Å². The summed E-state index contributed by atoms with van der Waals surface area (Å²) < 4.78 is 30.7. The van der Waals surface area contributed by atoms with Crippen molar-refractivity contribution in [1.29, 1.82) is 5.26 Å². The second-order valence-electron chi connectivity index (χ2n) is 4.06. The number of ether oxygens (including phenoxy) is 1. The molecule has 0 amide bonds. The van der Waals surface area contributed by atoms with E-state index >= 15 is 0 Å². The van der Waals surface area contributed by atoms with E-state index in [1.165, 1.54) is 19.2 Å². The van der Waals surface area contributed by atoms with Gasteiger partial charge in [-0.1, -0.05) is 12.1 Å². The minimum absolute atomic E-state index is 0.104. The molecule has 0 aliphatic rings. The van der Waals surface area contributed by atoms with E-state index in [9.17, 15) is 13.2 Å². The molecule has 20 heavy (non-hydrogen) atoms. The van der Waals surface area contributed by atoms with Gasteiger partial charge in [0, 0.05) is 13.0 Å². The van der Waals surface area contributed by atoms with E-state index in [0.717, 1.165) is 0 Å². The molecule has 0 aliphatic heterocycles. The first-order valence-corrected chi connectivity index (χ1v) is 7.50. The topological polar surface area (TPSA) is 96.3 Å². The second kappa shape index (κ2) is 7.62. The van der Waals surface area contributed by atoms with Crippen LogP contribution in [0.15, 0.2) is 29.2 Å². The Balaban J connectivity index is 2.67. The van der Waals surface area contributed by atoms with Gasteiger partial charge in [0.2, 0.25) is 10.0 Å². The summed E-state index contributed by atoms with van der Waals surface area (Å²) in [7, 11) is -2.27. The SMILES string of the molecule is COC(=O)Cc1ccc(S(=O)(=O)NCCCC#N)cc1. The Morgan fingerprint density at radius 2 is 2.00 bits per heavy atom. The molecule has 108 valence electrons. The van der Waals surface area contributed by atoms with Crippen LogP contribution >= 0.6 is 0 Å². The Morgan fingerprint density at radius 3 is 2.55 bits per heavy atom. The molecule has 0 unspecified atom stereocenters. The van der Waals surface area contributed by atoms with Crippen LogP contribution in [0, 0.1) is 11.3 Å². The highest BCUT2D eigenvalue weighted by Crippen LogP contribution is 2.11. The largest absolute Gasteiger partial charge is 0.469 e. The maximum Gasteiger partial charge on any atom is 0.309 e. The fraction of sp³-hybridized carbons (Fsp3) is 0.385. The molecule has 0 heterocycles. The third kappa shape index (κ3) is 4.99. The molecule has 7 heteroatoms. The van der Waals surface area contributed by atoms with Gasteiger partial charge < -0.3 is 4.74 Å². The molecule has 1 rings (SSSR count). The Bertz CT molecular complexity index is 588. The normalized spacial score (nSPS) is 10.8. The van der Waals surface area contributed by atoms with Crippen molar-refractivity contribution in [1.82, 2.24) is 4.72 Å². The summed E-state index contributed by atoms with van der Waals surface area (Å²) in [6, 6.07) is 7.96. The van der Waals surface area contributed by atoms with Crippen molar-refractivity contribution in [2.45, 2.75) is 24.2 Å². The van der Waals surface area contributed by atoms with Gasteiger partial charge in [-0.05, 0) is 24.1 Å². The molecule has 0 saturated heterocycles. The summed E-state index contributed by atoms with van der Waals surface area (Å²) in [5.74, 6) is -0.379. The summed E-state index contributed by atoms with van der Waals surface area (Å²) in [6.07, 6.45) is 0.878. The van der Waals surface area contributed by atoms with Crippen molar-refractivity contribution < 1.29 is 17.9 Å². The molecule has 0 saturated carbocycles. The number of carbonyl (C=O) groups is 1. The molecular weight excluding hydrogens is 280 g/mol. The first kappa shape index (κ1) is 16.1. The third-order valence-corrected chi connectivity index (χ3v) is 4.04. The molecule has 0 radical (unpaired) electrons. The van der Waals surface area contributed by atoms with Crippen molar-refractivity contribution >= 4 is 16.0 Å². The number of unbranched alkanes of at least 4 members (excludes halogenated alkanes) is 1. The second-order valence-corrected chi connectivity index (χ2v) is 5.82. The summed E-state index contributed by atoms with van der Waals surface area (Å²) in [5, 5.41) is 8.37. The lowest BCUT2D eigenvalue weighted by Crippen LogP contribution is -2.24. The molecule has 0 aromatic heterocycles. The number of carbonyl (C=O) groups excluding carboxylic acids is 1. The number of nitriles is 1. The first-order valence-electron chi connectivity index (χ1n) is 6.02. The van der Waals surface area contributed by atoms with Gasteiger partial charge >= 0.3 is 5.97 Å². The Morgan fingerprint density at radius 1 is 1.35 bits per heavy atom. The van der Waals surface area contributed by atoms with Gasteiger partial charge in [0.15, 0.2) is 0 Å². The van der Waals surface area contributed by atoms with Crippen molar-refractivity contribution in [3.63, 3.8) is 0 Å². The van der Waals surface area contributed by atoms with Crippen LogP contribution < -0.4 is 4.72 Å². The van der Waals surface area contributed by atoms with E-state index in [-0.39, 0.29) is 23.8 Å². The first-order chi connectivity index (χ1) is 9.49. The van der Waals surface area contributed by atoms with Gasteiger partial charge in [0.25, 0.3) is 0 Å². The molecule has 1 aromatic carbocycles. The predicted octanol–water partition coefficient (Wildman–Crippen LogP) is 0.984. The smallest absolute Gasteiger partial charge is 0.309 e. The summed E-state index contributed by atoms with van der Waals surface area (Å²) in [6.45, 7) is 0.222. The quantitative estimate of drug-likeness (QED) is 0.597. The maximum absolute atomic E-state index is 11.9. The van der Waals surface area contributed by atoms with E-state index < -0.39 is 10.0 Å². The van der Waals surface area contributed by atoms with Crippen LogP contribution in [-0.2, 0) is 26.0 Å². The van der Waals surface area contributed by atoms with Crippen LogP contribution in [0.4, 0.5) is 0 Å².